The second-order valence-electron chi connectivity index (χ2n) is 9.80. The second kappa shape index (κ2) is 10.8. The van der Waals surface area contributed by atoms with Crippen LogP contribution in [0.5, 0.6) is 5.75 Å². The van der Waals surface area contributed by atoms with Crippen molar-refractivity contribution in [1.29, 1.82) is 0 Å². The molecule has 0 spiro atoms. The van der Waals surface area contributed by atoms with Gasteiger partial charge in [0, 0.05) is 52.0 Å². The van der Waals surface area contributed by atoms with Crippen LogP contribution in [0.1, 0.15) is 18.9 Å². The normalized spacial score (nSPS) is 15.2. The quantitative estimate of drug-likeness (QED) is 0.361. The zero-order chi connectivity index (χ0) is 27.7. The Bertz CT molecular complexity index is 1710. The minimum Gasteiger partial charge on any atom is -0.497 e. The number of hydrogen-bond donors (Lipinski definition) is 1. The number of ether oxygens (including phenoxy) is 1. The summed E-state index contributed by atoms with van der Waals surface area (Å²) < 4.78 is 36.2. The fourth-order valence-corrected chi connectivity index (χ4v) is 6.49. The Labute approximate surface area is 227 Å². The number of aryl methyl sites for hydroxylation is 1. The molecule has 1 aliphatic heterocycles. The number of H-pyrrole nitrogens is 1. The number of aromatic nitrogens is 3. The van der Waals surface area contributed by atoms with Crippen LogP contribution in [-0.4, -0.2) is 65.0 Å². The van der Waals surface area contributed by atoms with Crippen LogP contribution in [0.25, 0.3) is 22.3 Å². The predicted octanol–water partition coefficient (Wildman–Crippen LogP) is 2.62. The molecule has 1 fully saturated rings. The first kappa shape index (κ1) is 26.9. The van der Waals surface area contributed by atoms with E-state index >= 15 is 0 Å². The molecule has 0 unspecified atom stereocenters. The average Bonchev–Trinajstić information content (AvgIpc) is 3.40. The van der Waals surface area contributed by atoms with Gasteiger partial charge in [0.25, 0.3) is 5.56 Å². The minimum absolute atomic E-state index is 0.224. The smallest absolute Gasteiger partial charge is 0.331 e. The number of nitrogens with zero attached hydrogens (tertiary/aromatic N) is 4. The van der Waals surface area contributed by atoms with E-state index in [1.54, 1.807) is 42.0 Å². The lowest BCUT2D eigenvalue weighted by Crippen LogP contribution is -2.48. The van der Waals surface area contributed by atoms with E-state index in [4.69, 9.17) is 4.74 Å². The van der Waals surface area contributed by atoms with Gasteiger partial charge in [-0.2, -0.15) is 4.31 Å². The summed E-state index contributed by atoms with van der Waals surface area (Å²) in [6.07, 6.45) is 0.746. The number of nitrogens with one attached hydrogen (secondary N) is 1. The van der Waals surface area contributed by atoms with Crippen LogP contribution < -0.4 is 16.0 Å². The largest absolute Gasteiger partial charge is 0.497 e. The lowest BCUT2D eigenvalue weighted by atomic mass is 10.1. The van der Waals surface area contributed by atoms with Crippen LogP contribution in [0.15, 0.2) is 69.1 Å². The third kappa shape index (κ3) is 5.17. The summed E-state index contributed by atoms with van der Waals surface area (Å²) in [7, 11) is -0.537. The van der Waals surface area contributed by atoms with E-state index in [0.29, 0.717) is 49.5 Å². The molecule has 0 bridgehead atoms. The zero-order valence-corrected chi connectivity index (χ0v) is 23.2. The Hall–Kier alpha value is -3.67. The molecule has 1 saturated heterocycles. The first-order chi connectivity index (χ1) is 18.7. The molecule has 0 amide bonds. The van der Waals surface area contributed by atoms with E-state index in [1.807, 2.05) is 31.2 Å². The Morgan fingerprint density at radius 1 is 0.974 bits per heavy atom. The molecule has 11 heteroatoms. The van der Waals surface area contributed by atoms with Crippen LogP contribution >= 0.6 is 0 Å². The Balaban J connectivity index is 1.32. The molecule has 0 radical (unpaired) electrons. The maximum atomic E-state index is 13.4. The standard InChI is InChI=1S/C28H33N5O5S/c1-4-12-33-25-18-24(29-26(25)27(34)30(2)28(33)35)21-8-10-23(11-9-21)39(36,37)32-15-13-31(14-16-32)19-20-6-5-7-22(17-20)38-3/h5-11,17-18,29H,4,12-16,19H2,1-3H3. The third-order valence-electron chi connectivity index (χ3n) is 7.25. The maximum absolute atomic E-state index is 13.4. The number of aromatic amines is 1. The third-order valence-corrected chi connectivity index (χ3v) is 9.16. The van der Waals surface area contributed by atoms with Gasteiger partial charge in [-0.15, -0.1) is 0 Å². The van der Waals surface area contributed by atoms with Crippen molar-refractivity contribution in [3.05, 3.63) is 81.0 Å². The molecule has 10 nitrogen and oxygen atoms in total. The van der Waals surface area contributed by atoms with Gasteiger partial charge in [-0.05, 0) is 47.9 Å². The number of methoxy groups -OCH3 is 1. The fourth-order valence-electron chi connectivity index (χ4n) is 5.07. The Kier molecular flexibility index (Phi) is 7.48. The number of rotatable bonds is 8. The molecule has 1 N–H and O–H groups in total. The highest BCUT2D eigenvalue weighted by atomic mass is 32.2. The van der Waals surface area contributed by atoms with Crippen LogP contribution in [0.2, 0.25) is 0 Å². The molecule has 4 aromatic rings. The molecule has 39 heavy (non-hydrogen) atoms. The summed E-state index contributed by atoms with van der Waals surface area (Å²) in [5, 5.41) is 0. The van der Waals surface area contributed by atoms with Crippen molar-refractivity contribution in [3.8, 4) is 17.0 Å². The highest BCUT2D eigenvalue weighted by Crippen LogP contribution is 2.26. The molecule has 0 atom stereocenters. The summed E-state index contributed by atoms with van der Waals surface area (Å²) >= 11 is 0. The van der Waals surface area contributed by atoms with E-state index in [-0.39, 0.29) is 10.6 Å². The van der Waals surface area contributed by atoms with Crippen LogP contribution in [0, 0.1) is 0 Å². The van der Waals surface area contributed by atoms with Crippen LogP contribution in [0.4, 0.5) is 0 Å². The summed E-state index contributed by atoms with van der Waals surface area (Å²) in [6.45, 7) is 5.29. The predicted molar refractivity (Wildman–Crippen MR) is 151 cm³/mol. The fraction of sp³-hybridized carbons (Fsp3) is 0.357. The number of piperazine rings is 1. The van der Waals surface area contributed by atoms with Gasteiger partial charge < -0.3 is 9.72 Å². The van der Waals surface area contributed by atoms with Gasteiger partial charge >= 0.3 is 5.69 Å². The van der Waals surface area contributed by atoms with Crippen molar-refractivity contribution in [2.45, 2.75) is 31.3 Å². The maximum Gasteiger partial charge on any atom is 0.331 e. The molecule has 3 heterocycles. The van der Waals surface area contributed by atoms with Gasteiger partial charge in [0.15, 0.2) is 0 Å². The van der Waals surface area contributed by atoms with Gasteiger partial charge in [-0.1, -0.05) is 31.2 Å². The van der Waals surface area contributed by atoms with Gasteiger partial charge in [0.2, 0.25) is 10.0 Å². The van der Waals surface area contributed by atoms with Crippen molar-refractivity contribution >= 4 is 21.1 Å². The number of benzene rings is 2. The summed E-state index contributed by atoms with van der Waals surface area (Å²) in [4.78, 5) is 30.9. The molecule has 5 rings (SSSR count). The van der Waals surface area contributed by atoms with Crippen molar-refractivity contribution in [1.82, 2.24) is 23.3 Å². The molecule has 1 aliphatic rings. The van der Waals surface area contributed by atoms with Gasteiger partial charge in [0.05, 0.1) is 17.5 Å². The molecule has 0 aliphatic carbocycles. The SMILES string of the molecule is CCCn1c(=O)n(C)c(=O)c2[nH]c(-c3ccc(S(=O)(=O)N4CCN(Cc5cccc(OC)c5)CC4)cc3)cc21. The number of sulfonamides is 1. The first-order valence-corrected chi connectivity index (χ1v) is 14.5. The molecular weight excluding hydrogens is 518 g/mol. The van der Waals surface area contributed by atoms with Crippen molar-refractivity contribution in [2.75, 3.05) is 33.3 Å². The number of hydrogen-bond acceptors (Lipinski definition) is 6. The number of fused-ring (bicyclic) bond motifs is 1. The Morgan fingerprint density at radius 3 is 2.36 bits per heavy atom. The monoisotopic (exact) mass is 551 g/mol. The lowest BCUT2D eigenvalue weighted by molar-refractivity contribution is 0.181. The van der Waals surface area contributed by atoms with Crippen LogP contribution in [-0.2, 0) is 30.2 Å². The van der Waals surface area contributed by atoms with Crippen LogP contribution in [0.3, 0.4) is 0 Å². The molecular formula is C28H33N5O5S. The van der Waals surface area contributed by atoms with E-state index in [9.17, 15) is 18.0 Å². The highest BCUT2D eigenvalue weighted by Gasteiger charge is 2.28. The zero-order valence-electron chi connectivity index (χ0n) is 22.4. The van der Waals surface area contributed by atoms with Gasteiger partial charge in [0.1, 0.15) is 11.3 Å². The summed E-state index contributed by atoms with van der Waals surface area (Å²) in [6, 6.07) is 16.3. The van der Waals surface area contributed by atoms with Gasteiger partial charge in [-0.25, -0.2) is 13.2 Å². The second-order valence-corrected chi connectivity index (χ2v) is 11.7. The van der Waals surface area contributed by atoms with Crippen molar-refractivity contribution in [2.24, 2.45) is 7.05 Å². The van der Waals surface area contributed by atoms with Crippen molar-refractivity contribution < 1.29 is 13.2 Å². The average molecular weight is 552 g/mol. The van der Waals surface area contributed by atoms with Crippen molar-refractivity contribution in [3.63, 3.8) is 0 Å². The lowest BCUT2D eigenvalue weighted by Gasteiger charge is -2.34. The van der Waals surface area contributed by atoms with Gasteiger partial charge in [-0.3, -0.25) is 18.8 Å². The summed E-state index contributed by atoms with van der Waals surface area (Å²) in [5.74, 6) is 0.808. The first-order valence-electron chi connectivity index (χ1n) is 13.0. The summed E-state index contributed by atoms with van der Waals surface area (Å²) in [5.41, 5.74) is 2.65. The van der Waals surface area contributed by atoms with E-state index in [0.717, 1.165) is 34.4 Å². The molecule has 206 valence electrons. The van der Waals surface area contributed by atoms with E-state index in [1.165, 1.54) is 11.4 Å². The van der Waals surface area contributed by atoms with E-state index in [2.05, 4.69) is 9.88 Å². The topological polar surface area (TPSA) is 110 Å². The molecule has 2 aromatic carbocycles. The molecule has 0 saturated carbocycles. The highest BCUT2D eigenvalue weighted by molar-refractivity contribution is 7.89. The Morgan fingerprint density at radius 2 is 1.69 bits per heavy atom. The minimum atomic E-state index is -3.65. The molecule has 2 aromatic heterocycles. The van der Waals surface area contributed by atoms with E-state index < -0.39 is 15.6 Å².